The molecule has 0 atom stereocenters. The molecule has 0 spiro atoms. The normalized spacial score (nSPS) is 15.4. The predicted molar refractivity (Wildman–Crippen MR) is 75.2 cm³/mol. The van der Waals surface area contributed by atoms with Crippen LogP contribution in [0.3, 0.4) is 0 Å². The number of nitrogens with one attached hydrogen (secondary N) is 1. The van der Waals surface area contributed by atoms with Crippen molar-refractivity contribution >= 4 is 5.91 Å². The monoisotopic (exact) mass is 270 g/mol. The van der Waals surface area contributed by atoms with Gasteiger partial charge in [-0.05, 0) is 25.0 Å². The zero-order chi connectivity index (χ0) is 13.8. The van der Waals surface area contributed by atoms with Crippen molar-refractivity contribution in [1.82, 2.24) is 20.1 Å². The van der Waals surface area contributed by atoms with E-state index in [4.69, 9.17) is 0 Å². The Morgan fingerprint density at radius 2 is 2.00 bits per heavy atom. The van der Waals surface area contributed by atoms with Gasteiger partial charge in [-0.2, -0.15) is 0 Å². The molecular weight excluding hydrogens is 252 g/mol. The standard InChI is InChI=1S/C15H18N4O/c20-15(12-6-4-5-7-12)16-10-14-18-17-11-19(14)13-8-2-1-3-9-13/h1-3,8-9,11-12H,4-7,10H2,(H,16,20). The lowest BCUT2D eigenvalue weighted by Gasteiger charge is -2.11. The van der Waals surface area contributed by atoms with Gasteiger partial charge >= 0.3 is 0 Å². The number of amides is 1. The van der Waals surface area contributed by atoms with Crippen molar-refractivity contribution in [2.24, 2.45) is 5.92 Å². The zero-order valence-corrected chi connectivity index (χ0v) is 11.3. The zero-order valence-electron chi connectivity index (χ0n) is 11.3. The van der Waals surface area contributed by atoms with Gasteiger partial charge in [-0.15, -0.1) is 10.2 Å². The first-order valence-electron chi connectivity index (χ1n) is 7.06. The molecule has 1 aliphatic carbocycles. The van der Waals surface area contributed by atoms with Crippen LogP contribution in [0.25, 0.3) is 5.69 Å². The molecule has 0 radical (unpaired) electrons. The van der Waals surface area contributed by atoms with E-state index in [9.17, 15) is 4.79 Å². The van der Waals surface area contributed by atoms with E-state index in [-0.39, 0.29) is 11.8 Å². The molecule has 3 rings (SSSR count). The Morgan fingerprint density at radius 3 is 2.75 bits per heavy atom. The lowest BCUT2D eigenvalue weighted by atomic mass is 10.1. The van der Waals surface area contributed by atoms with Gasteiger partial charge in [0.05, 0.1) is 6.54 Å². The van der Waals surface area contributed by atoms with Gasteiger partial charge in [0.15, 0.2) is 5.82 Å². The van der Waals surface area contributed by atoms with E-state index in [1.807, 2.05) is 34.9 Å². The Kier molecular flexibility index (Phi) is 3.76. The van der Waals surface area contributed by atoms with Crippen LogP contribution in [0.5, 0.6) is 0 Å². The molecule has 1 aromatic heterocycles. The van der Waals surface area contributed by atoms with E-state index in [1.165, 1.54) is 0 Å². The van der Waals surface area contributed by atoms with E-state index in [1.54, 1.807) is 6.33 Å². The molecule has 1 fully saturated rings. The average Bonchev–Trinajstić information content (AvgIpc) is 3.17. The van der Waals surface area contributed by atoms with E-state index in [0.29, 0.717) is 6.54 Å². The van der Waals surface area contributed by atoms with Crippen LogP contribution in [0, 0.1) is 5.92 Å². The van der Waals surface area contributed by atoms with Crippen molar-refractivity contribution in [3.63, 3.8) is 0 Å². The van der Waals surface area contributed by atoms with Crippen molar-refractivity contribution in [3.8, 4) is 5.69 Å². The number of carbonyl (C=O) groups excluding carboxylic acids is 1. The minimum Gasteiger partial charge on any atom is -0.349 e. The number of hydrogen-bond donors (Lipinski definition) is 1. The second kappa shape index (κ2) is 5.86. The number of hydrogen-bond acceptors (Lipinski definition) is 3. The molecule has 1 heterocycles. The summed E-state index contributed by atoms with van der Waals surface area (Å²) in [6, 6.07) is 9.89. The number of aromatic nitrogens is 3. The fourth-order valence-electron chi connectivity index (χ4n) is 2.68. The van der Waals surface area contributed by atoms with E-state index in [0.717, 1.165) is 37.2 Å². The molecule has 2 aromatic rings. The summed E-state index contributed by atoms with van der Waals surface area (Å²) in [5.41, 5.74) is 1.00. The van der Waals surface area contributed by atoms with Gasteiger partial charge in [-0.25, -0.2) is 0 Å². The summed E-state index contributed by atoms with van der Waals surface area (Å²) in [5, 5.41) is 11.0. The van der Waals surface area contributed by atoms with Crippen molar-refractivity contribution in [2.45, 2.75) is 32.2 Å². The van der Waals surface area contributed by atoms with Crippen LogP contribution in [0.1, 0.15) is 31.5 Å². The summed E-state index contributed by atoms with van der Waals surface area (Å²) in [5.74, 6) is 1.08. The summed E-state index contributed by atoms with van der Waals surface area (Å²) in [7, 11) is 0. The molecule has 0 aliphatic heterocycles. The maximum Gasteiger partial charge on any atom is 0.223 e. The van der Waals surface area contributed by atoms with Gasteiger partial charge in [-0.1, -0.05) is 31.0 Å². The van der Waals surface area contributed by atoms with Crippen LogP contribution in [0.15, 0.2) is 36.7 Å². The summed E-state index contributed by atoms with van der Waals surface area (Å²) in [6.45, 7) is 0.421. The maximum absolute atomic E-state index is 12.0. The number of para-hydroxylation sites is 1. The van der Waals surface area contributed by atoms with Crippen molar-refractivity contribution in [3.05, 3.63) is 42.5 Å². The lowest BCUT2D eigenvalue weighted by molar-refractivity contribution is -0.125. The second-order valence-electron chi connectivity index (χ2n) is 5.15. The Hall–Kier alpha value is -2.17. The van der Waals surface area contributed by atoms with Gasteiger partial charge < -0.3 is 5.32 Å². The Labute approximate surface area is 118 Å². The Morgan fingerprint density at radius 1 is 1.25 bits per heavy atom. The van der Waals surface area contributed by atoms with E-state index >= 15 is 0 Å². The number of nitrogens with zero attached hydrogens (tertiary/aromatic N) is 3. The van der Waals surface area contributed by atoms with Gasteiger partial charge in [0.2, 0.25) is 5.91 Å². The van der Waals surface area contributed by atoms with Gasteiger partial charge in [0.1, 0.15) is 6.33 Å². The molecule has 5 heteroatoms. The van der Waals surface area contributed by atoms with Gasteiger partial charge in [-0.3, -0.25) is 9.36 Å². The molecule has 1 aromatic carbocycles. The molecule has 0 bridgehead atoms. The highest BCUT2D eigenvalue weighted by molar-refractivity contribution is 5.78. The topological polar surface area (TPSA) is 59.8 Å². The molecule has 0 saturated heterocycles. The second-order valence-corrected chi connectivity index (χ2v) is 5.15. The largest absolute Gasteiger partial charge is 0.349 e. The number of benzene rings is 1. The van der Waals surface area contributed by atoms with Crippen molar-refractivity contribution in [2.75, 3.05) is 0 Å². The molecule has 1 N–H and O–H groups in total. The molecule has 1 amide bonds. The Balaban J connectivity index is 1.66. The van der Waals surface area contributed by atoms with Crippen LogP contribution >= 0.6 is 0 Å². The van der Waals surface area contributed by atoms with Crippen LogP contribution in [-0.4, -0.2) is 20.7 Å². The summed E-state index contributed by atoms with van der Waals surface area (Å²) in [4.78, 5) is 12.0. The summed E-state index contributed by atoms with van der Waals surface area (Å²) in [6.07, 6.45) is 6.03. The van der Waals surface area contributed by atoms with Crippen molar-refractivity contribution in [1.29, 1.82) is 0 Å². The lowest BCUT2D eigenvalue weighted by Crippen LogP contribution is -2.29. The third-order valence-electron chi connectivity index (χ3n) is 3.80. The smallest absolute Gasteiger partial charge is 0.223 e. The SMILES string of the molecule is O=C(NCc1nncn1-c1ccccc1)C1CCCC1. The quantitative estimate of drug-likeness (QED) is 0.925. The first-order valence-corrected chi connectivity index (χ1v) is 7.06. The van der Waals surface area contributed by atoms with Crippen LogP contribution in [-0.2, 0) is 11.3 Å². The molecule has 1 saturated carbocycles. The highest BCUT2D eigenvalue weighted by atomic mass is 16.1. The highest BCUT2D eigenvalue weighted by Gasteiger charge is 2.22. The molecule has 104 valence electrons. The summed E-state index contributed by atoms with van der Waals surface area (Å²) >= 11 is 0. The van der Waals surface area contributed by atoms with Crippen LogP contribution < -0.4 is 5.32 Å². The first-order chi connectivity index (χ1) is 9.84. The minimum absolute atomic E-state index is 0.144. The summed E-state index contributed by atoms with van der Waals surface area (Å²) < 4.78 is 1.90. The average molecular weight is 270 g/mol. The molecule has 5 nitrogen and oxygen atoms in total. The fourth-order valence-corrected chi connectivity index (χ4v) is 2.68. The van der Waals surface area contributed by atoms with Crippen molar-refractivity contribution < 1.29 is 4.79 Å². The van der Waals surface area contributed by atoms with Gasteiger partial charge in [0, 0.05) is 11.6 Å². The minimum atomic E-state index is 0.144. The Bertz CT molecular complexity index is 573. The van der Waals surface area contributed by atoms with Crippen LogP contribution in [0.4, 0.5) is 0 Å². The van der Waals surface area contributed by atoms with Crippen LogP contribution in [0.2, 0.25) is 0 Å². The fraction of sp³-hybridized carbons (Fsp3) is 0.400. The predicted octanol–water partition coefficient (Wildman–Crippen LogP) is 2.07. The molecular formula is C15H18N4O. The third kappa shape index (κ3) is 2.71. The first kappa shape index (κ1) is 12.8. The van der Waals surface area contributed by atoms with E-state index < -0.39 is 0 Å². The number of rotatable bonds is 4. The molecule has 0 unspecified atom stereocenters. The third-order valence-corrected chi connectivity index (χ3v) is 3.80. The molecule has 1 aliphatic rings. The number of carbonyl (C=O) groups is 1. The van der Waals surface area contributed by atoms with Gasteiger partial charge in [0.25, 0.3) is 0 Å². The highest BCUT2D eigenvalue weighted by Crippen LogP contribution is 2.24. The maximum atomic E-state index is 12.0. The molecule has 20 heavy (non-hydrogen) atoms. The van der Waals surface area contributed by atoms with E-state index in [2.05, 4.69) is 15.5 Å².